The third-order valence-electron chi connectivity index (χ3n) is 4.89. The van der Waals surface area contributed by atoms with Crippen molar-refractivity contribution < 1.29 is 4.74 Å². The van der Waals surface area contributed by atoms with Crippen molar-refractivity contribution in [1.82, 2.24) is 14.4 Å². The highest BCUT2D eigenvalue weighted by Crippen LogP contribution is 2.40. The number of nitrogens with zero attached hydrogens (tertiary/aromatic N) is 3. The molecule has 118 valence electrons. The molecule has 6 heteroatoms. The summed E-state index contributed by atoms with van der Waals surface area (Å²) in [5.41, 5.74) is 1.43. The lowest BCUT2D eigenvalue weighted by Gasteiger charge is -2.31. The Hall–Kier alpha value is -0.910. The SMILES string of the molecule is CN(Cl)C1CCC(Oc2ncnc3sc4c(c23)CCC4)CC1. The van der Waals surface area contributed by atoms with E-state index >= 15 is 0 Å². The molecule has 0 aliphatic heterocycles. The van der Waals surface area contributed by atoms with Crippen LogP contribution in [0.15, 0.2) is 6.33 Å². The maximum atomic E-state index is 6.27. The lowest BCUT2D eigenvalue weighted by Crippen LogP contribution is -2.33. The topological polar surface area (TPSA) is 38.2 Å². The number of ether oxygens (including phenoxy) is 1. The van der Waals surface area contributed by atoms with Crippen LogP contribution >= 0.6 is 23.1 Å². The van der Waals surface area contributed by atoms with E-state index in [9.17, 15) is 0 Å². The van der Waals surface area contributed by atoms with Gasteiger partial charge in [0.2, 0.25) is 5.88 Å². The van der Waals surface area contributed by atoms with Crippen LogP contribution in [0.5, 0.6) is 5.88 Å². The largest absolute Gasteiger partial charge is 0.474 e. The first-order valence-corrected chi connectivity index (χ1v) is 9.18. The number of halogens is 1. The summed E-state index contributed by atoms with van der Waals surface area (Å²) in [6.07, 6.45) is 9.72. The molecule has 22 heavy (non-hydrogen) atoms. The molecular formula is C16H20ClN3OS. The molecule has 0 spiro atoms. The Morgan fingerprint density at radius 1 is 1.23 bits per heavy atom. The van der Waals surface area contributed by atoms with Crippen LogP contribution in [-0.4, -0.2) is 33.6 Å². The number of aromatic nitrogens is 2. The zero-order valence-corrected chi connectivity index (χ0v) is 14.3. The van der Waals surface area contributed by atoms with Gasteiger partial charge in [0.15, 0.2) is 0 Å². The van der Waals surface area contributed by atoms with Gasteiger partial charge in [-0.15, -0.1) is 11.3 Å². The van der Waals surface area contributed by atoms with E-state index in [1.165, 1.54) is 28.7 Å². The van der Waals surface area contributed by atoms with Gasteiger partial charge in [0, 0.05) is 18.0 Å². The van der Waals surface area contributed by atoms with E-state index in [2.05, 4.69) is 9.97 Å². The van der Waals surface area contributed by atoms with Crippen LogP contribution in [0, 0.1) is 0 Å². The molecule has 0 radical (unpaired) electrons. The van der Waals surface area contributed by atoms with Crippen molar-refractivity contribution in [2.75, 3.05) is 7.05 Å². The summed E-state index contributed by atoms with van der Waals surface area (Å²) in [4.78, 5) is 11.4. The van der Waals surface area contributed by atoms with Crippen molar-refractivity contribution in [3.63, 3.8) is 0 Å². The first-order valence-electron chi connectivity index (χ1n) is 8.03. The van der Waals surface area contributed by atoms with E-state index < -0.39 is 0 Å². The van der Waals surface area contributed by atoms with Gasteiger partial charge in [-0.25, -0.2) is 14.4 Å². The highest BCUT2D eigenvalue weighted by atomic mass is 35.5. The maximum Gasteiger partial charge on any atom is 0.225 e. The number of thiophene rings is 1. The first kappa shape index (κ1) is 14.7. The number of aryl methyl sites for hydroxylation is 2. The Morgan fingerprint density at radius 3 is 2.82 bits per heavy atom. The van der Waals surface area contributed by atoms with Gasteiger partial charge >= 0.3 is 0 Å². The van der Waals surface area contributed by atoms with Crippen LogP contribution in [0.1, 0.15) is 42.5 Å². The van der Waals surface area contributed by atoms with Crippen LogP contribution in [0.25, 0.3) is 10.2 Å². The molecule has 0 saturated heterocycles. The van der Waals surface area contributed by atoms with E-state index in [1.807, 2.05) is 22.8 Å². The summed E-state index contributed by atoms with van der Waals surface area (Å²) in [7, 11) is 1.94. The first-order chi connectivity index (χ1) is 10.7. The fourth-order valence-corrected chi connectivity index (χ4v) is 5.08. The fourth-order valence-electron chi connectivity index (χ4n) is 3.67. The molecule has 2 aromatic rings. The normalized spacial score (nSPS) is 24.9. The Kier molecular flexibility index (Phi) is 3.96. The van der Waals surface area contributed by atoms with Gasteiger partial charge in [0.05, 0.1) is 5.39 Å². The highest BCUT2D eigenvalue weighted by Gasteiger charge is 2.27. The standard InChI is InChI=1S/C16H20ClN3OS/c1-20(17)10-5-7-11(8-6-10)21-15-14-12-3-2-4-13(12)22-16(14)19-9-18-15/h9-11H,2-8H2,1H3. The van der Waals surface area contributed by atoms with Crippen molar-refractivity contribution in [3.05, 3.63) is 16.8 Å². The Labute approximate surface area is 139 Å². The third kappa shape index (κ3) is 2.59. The molecule has 0 N–H and O–H groups in total. The van der Waals surface area contributed by atoms with Gasteiger partial charge in [-0.3, -0.25) is 0 Å². The van der Waals surface area contributed by atoms with Crippen LogP contribution in [-0.2, 0) is 12.8 Å². The van der Waals surface area contributed by atoms with Crippen molar-refractivity contribution in [2.24, 2.45) is 0 Å². The van der Waals surface area contributed by atoms with Crippen LogP contribution < -0.4 is 4.74 Å². The van der Waals surface area contributed by atoms with E-state index in [0.29, 0.717) is 6.04 Å². The van der Waals surface area contributed by atoms with Gasteiger partial charge in [-0.1, -0.05) is 0 Å². The van der Waals surface area contributed by atoms with Crippen LogP contribution in [0.3, 0.4) is 0 Å². The molecule has 0 amide bonds. The van der Waals surface area contributed by atoms with E-state index in [1.54, 1.807) is 6.33 Å². The van der Waals surface area contributed by atoms with E-state index in [-0.39, 0.29) is 6.10 Å². The third-order valence-corrected chi connectivity index (χ3v) is 6.37. The Bertz CT molecular complexity index is 679. The van der Waals surface area contributed by atoms with Crippen molar-refractivity contribution in [3.8, 4) is 5.88 Å². The van der Waals surface area contributed by atoms with Gasteiger partial charge in [0.25, 0.3) is 0 Å². The summed E-state index contributed by atoms with van der Waals surface area (Å²) >= 11 is 7.88. The summed E-state index contributed by atoms with van der Waals surface area (Å²) in [6, 6.07) is 0.470. The number of hydrogen-bond acceptors (Lipinski definition) is 5. The van der Waals surface area contributed by atoms with E-state index in [4.69, 9.17) is 16.5 Å². The number of fused-ring (bicyclic) bond motifs is 3. The molecule has 2 aliphatic carbocycles. The molecule has 4 rings (SSSR count). The van der Waals surface area contributed by atoms with Crippen LogP contribution in [0.2, 0.25) is 0 Å². The summed E-state index contributed by atoms with van der Waals surface area (Å²) < 4.78 is 8.08. The summed E-state index contributed by atoms with van der Waals surface area (Å²) in [6.45, 7) is 0. The predicted molar refractivity (Wildman–Crippen MR) is 89.7 cm³/mol. The molecule has 0 aromatic carbocycles. The molecular weight excluding hydrogens is 318 g/mol. The van der Waals surface area contributed by atoms with Gasteiger partial charge in [0.1, 0.15) is 17.3 Å². The molecule has 2 heterocycles. The minimum atomic E-state index is 0.253. The monoisotopic (exact) mass is 337 g/mol. The molecule has 4 nitrogen and oxygen atoms in total. The lowest BCUT2D eigenvalue weighted by atomic mass is 9.93. The average molecular weight is 338 g/mol. The minimum Gasteiger partial charge on any atom is -0.474 e. The molecule has 0 bridgehead atoms. The summed E-state index contributed by atoms with van der Waals surface area (Å²) in [5, 5.41) is 1.18. The Morgan fingerprint density at radius 2 is 2.05 bits per heavy atom. The smallest absolute Gasteiger partial charge is 0.225 e. The zero-order valence-electron chi connectivity index (χ0n) is 12.7. The van der Waals surface area contributed by atoms with Gasteiger partial charge in [-0.2, -0.15) is 0 Å². The zero-order chi connectivity index (χ0) is 15.1. The fraction of sp³-hybridized carbons (Fsp3) is 0.625. The molecule has 0 atom stereocenters. The lowest BCUT2D eigenvalue weighted by molar-refractivity contribution is 0.123. The molecule has 2 aliphatic rings. The van der Waals surface area contributed by atoms with Gasteiger partial charge in [-0.05, 0) is 62.3 Å². The highest BCUT2D eigenvalue weighted by molar-refractivity contribution is 7.18. The molecule has 1 fully saturated rings. The summed E-state index contributed by atoms with van der Waals surface area (Å²) in [5.74, 6) is 0.798. The van der Waals surface area contributed by atoms with E-state index in [0.717, 1.165) is 42.8 Å². The number of hydrogen-bond donors (Lipinski definition) is 0. The van der Waals surface area contributed by atoms with Crippen LogP contribution in [0.4, 0.5) is 0 Å². The quantitative estimate of drug-likeness (QED) is 0.795. The predicted octanol–water partition coefficient (Wildman–Crippen LogP) is 3.96. The number of rotatable bonds is 3. The minimum absolute atomic E-state index is 0.253. The average Bonchev–Trinajstić information content (AvgIpc) is 3.08. The van der Waals surface area contributed by atoms with Gasteiger partial charge < -0.3 is 4.74 Å². The molecule has 0 unspecified atom stereocenters. The Balaban J connectivity index is 1.55. The second kappa shape index (κ2) is 5.95. The second-order valence-corrected chi connectivity index (χ2v) is 7.91. The molecule has 2 aromatic heterocycles. The maximum absolute atomic E-state index is 6.27. The molecule has 1 saturated carbocycles. The van der Waals surface area contributed by atoms with Crippen molar-refractivity contribution in [2.45, 2.75) is 57.1 Å². The van der Waals surface area contributed by atoms with Crippen molar-refractivity contribution >= 4 is 33.3 Å². The second-order valence-electron chi connectivity index (χ2n) is 6.29. The van der Waals surface area contributed by atoms with Crippen molar-refractivity contribution in [1.29, 1.82) is 0 Å².